The summed E-state index contributed by atoms with van der Waals surface area (Å²) in [5.74, 6) is -0.535. The second-order valence-corrected chi connectivity index (χ2v) is 6.18. The molecule has 0 radical (unpaired) electrons. The summed E-state index contributed by atoms with van der Waals surface area (Å²) < 4.78 is 0. The van der Waals surface area contributed by atoms with Crippen molar-refractivity contribution < 1.29 is 14.4 Å². The summed E-state index contributed by atoms with van der Waals surface area (Å²) >= 11 is 0. The molecule has 1 amide bonds. The topological polar surface area (TPSA) is 63.2 Å². The van der Waals surface area contributed by atoms with E-state index in [1.54, 1.807) is 48.5 Å². The molecule has 4 nitrogen and oxygen atoms in total. The molecule has 0 bridgehead atoms. The van der Waals surface area contributed by atoms with E-state index < -0.39 is 6.04 Å². The molecule has 0 spiro atoms. The maximum Gasteiger partial charge on any atom is 0.251 e. The van der Waals surface area contributed by atoms with Gasteiger partial charge in [0.2, 0.25) is 0 Å². The zero-order valence-electron chi connectivity index (χ0n) is 14.7. The van der Waals surface area contributed by atoms with E-state index in [0.717, 1.165) is 11.8 Å². The average Bonchev–Trinajstić information content (AvgIpc) is 2.74. The van der Waals surface area contributed by atoms with E-state index in [0.29, 0.717) is 23.1 Å². The van der Waals surface area contributed by atoms with Gasteiger partial charge in [0.25, 0.3) is 5.91 Å². The molecule has 0 heterocycles. The number of nitrogens with one attached hydrogen (secondary N) is 1. The lowest BCUT2D eigenvalue weighted by Crippen LogP contribution is -2.37. The summed E-state index contributed by atoms with van der Waals surface area (Å²) in [6.45, 7) is 0. The Kier molecular flexibility index (Phi) is 5.90. The highest BCUT2D eigenvalue weighted by molar-refractivity contribution is 6.10. The number of benzene rings is 3. The van der Waals surface area contributed by atoms with Crippen LogP contribution in [0.25, 0.3) is 0 Å². The number of rotatable bonds is 7. The number of hydrogen-bond acceptors (Lipinski definition) is 3. The van der Waals surface area contributed by atoms with Crippen LogP contribution in [-0.4, -0.2) is 24.0 Å². The largest absolute Gasteiger partial charge is 0.342 e. The van der Waals surface area contributed by atoms with Crippen molar-refractivity contribution in [2.24, 2.45) is 0 Å². The second kappa shape index (κ2) is 8.72. The number of carbonyl (C=O) groups excluding carboxylic acids is 3. The first-order chi connectivity index (χ1) is 13.2. The Morgan fingerprint density at radius 2 is 1.37 bits per heavy atom. The van der Waals surface area contributed by atoms with Gasteiger partial charge in [-0.25, -0.2) is 0 Å². The van der Waals surface area contributed by atoms with E-state index in [2.05, 4.69) is 5.32 Å². The Hall–Kier alpha value is -3.53. The van der Waals surface area contributed by atoms with Crippen LogP contribution in [-0.2, 0) is 11.2 Å². The van der Waals surface area contributed by atoms with Crippen LogP contribution in [0, 0.1) is 0 Å². The average molecular weight is 357 g/mol. The summed E-state index contributed by atoms with van der Waals surface area (Å²) in [6, 6.07) is 24.3. The van der Waals surface area contributed by atoms with Gasteiger partial charge in [-0.15, -0.1) is 0 Å². The number of ketones is 1. The molecule has 0 fully saturated rings. The fourth-order valence-corrected chi connectivity index (χ4v) is 2.81. The zero-order chi connectivity index (χ0) is 19.1. The van der Waals surface area contributed by atoms with Crippen molar-refractivity contribution in [3.05, 3.63) is 107 Å². The normalized spacial score (nSPS) is 11.4. The molecular weight excluding hydrogens is 338 g/mol. The molecule has 1 atom stereocenters. The Labute approximate surface area is 157 Å². The molecular formula is C23H19NO3. The van der Waals surface area contributed by atoms with Gasteiger partial charge >= 0.3 is 0 Å². The summed E-state index contributed by atoms with van der Waals surface area (Å²) in [6.07, 6.45) is 1.14. The van der Waals surface area contributed by atoms with Gasteiger partial charge in [-0.05, 0) is 24.1 Å². The van der Waals surface area contributed by atoms with E-state index in [1.165, 1.54) is 0 Å². The lowest BCUT2D eigenvalue weighted by Gasteiger charge is -2.13. The molecule has 0 aliphatic rings. The van der Waals surface area contributed by atoms with Gasteiger partial charge in [0, 0.05) is 16.7 Å². The van der Waals surface area contributed by atoms with E-state index in [9.17, 15) is 14.4 Å². The van der Waals surface area contributed by atoms with E-state index in [1.807, 2.05) is 36.4 Å². The number of amides is 1. The summed E-state index contributed by atoms with van der Waals surface area (Å²) in [4.78, 5) is 36.5. The zero-order valence-corrected chi connectivity index (χ0v) is 14.7. The first-order valence-corrected chi connectivity index (χ1v) is 8.67. The van der Waals surface area contributed by atoms with Crippen molar-refractivity contribution in [1.82, 2.24) is 5.32 Å². The monoisotopic (exact) mass is 357 g/mol. The van der Waals surface area contributed by atoms with Crippen LogP contribution in [0.5, 0.6) is 0 Å². The Morgan fingerprint density at radius 1 is 0.778 bits per heavy atom. The minimum Gasteiger partial charge on any atom is -0.342 e. The second-order valence-electron chi connectivity index (χ2n) is 6.18. The molecule has 27 heavy (non-hydrogen) atoms. The van der Waals surface area contributed by atoms with Crippen LogP contribution in [0.3, 0.4) is 0 Å². The van der Waals surface area contributed by atoms with Crippen molar-refractivity contribution >= 4 is 18.0 Å². The van der Waals surface area contributed by atoms with Crippen LogP contribution < -0.4 is 5.32 Å². The van der Waals surface area contributed by atoms with Crippen LogP contribution in [0.15, 0.2) is 84.9 Å². The predicted molar refractivity (Wildman–Crippen MR) is 104 cm³/mol. The third-order valence-electron chi connectivity index (χ3n) is 4.20. The van der Waals surface area contributed by atoms with Crippen LogP contribution in [0.2, 0.25) is 0 Å². The first-order valence-electron chi connectivity index (χ1n) is 8.67. The predicted octanol–water partition coefficient (Wildman–Crippen LogP) is 3.46. The third-order valence-corrected chi connectivity index (χ3v) is 4.20. The highest BCUT2D eigenvalue weighted by Gasteiger charge is 2.16. The van der Waals surface area contributed by atoms with E-state index >= 15 is 0 Å². The van der Waals surface area contributed by atoms with E-state index in [4.69, 9.17) is 0 Å². The maximum absolute atomic E-state index is 12.6. The molecule has 4 heteroatoms. The molecule has 0 aliphatic carbocycles. The lowest BCUT2D eigenvalue weighted by atomic mass is 10.0. The molecule has 0 aliphatic heterocycles. The van der Waals surface area contributed by atoms with Crippen molar-refractivity contribution in [2.75, 3.05) is 0 Å². The fourth-order valence-electron chi connectivity index (χ4n) is 2.81. The Morgan fingerprint density at radius 3 is 2.04 bits per heavy atom. The van der Waals surface area contributed by atoms with Gasteiger partial charge < -0.3 is 10.1 Å². The summed E-state index contributed by atoms with van der Waals surface area (Å²) in [5, 5.41) is 2.72. The molecule has 0 aromatic heterocycles. The summed E-state index contributed by atoms with van der Waals surface area (Å²) in [7, 11) is 0. The molecule has 134 valence electrons. The minimum atomic E-state index is -0.631. The van der Waals surface area contributed by atoms with Crippen LogP contribution >= 0.6 is 0 Å². The smallest absolute Gasteiger partial charge is 0.251 e. The molecule has 1 N–H and O–H groups in total. The van der Waals surface area contributed by atoms with Gasteiger partial charge in [-0.2, -0.15) is 0 Å². The minimum absolute atomic E-state index is 0.151. The molecule has 3 aromatic rings. The highest BCUT2D eigenvalue weighted by Crippen LogP contribution is 2.12. The SMILES string of the molecule is O=CC(Cc1ccccc1)NC(=O)c1cccc(C(=O)c2ccccc2)c1. The van der Waals surface area contributed by atoms with Crippen molar-refractivity contribution in [1.29, 1.82) is 0 Å². The lowest BCUT2D eigenvalue weighted by molar-refractivity contribution is -0.109. The molecule has 1 unspecified atom stereocenters. The summed E-state index contributed by atoms with van der Waals surface area (Å²) in [5.41, 5.74) is 2.30. The number of carbonyl (C=O) groups is 3. The molecule has 0 saturated carbocycles. The van der Waals surface area contributed by atoms with Gasteiger partial charge in [0.1, 0.15) is 6.29 Å². The quantitative estimate of drug-likeness (QED) is 0.520. The third kappa shape index (κ3) is 4.76. The first kappa shape index (κ1) is 18.3. The maximum atomic E-state index is 12.6. The van der Waals surface area contributed by atoms with Crippen molar-refractivity contribution in [2.45, 2.75) is 12.5 Å². The number of aldehydes is 1. The Bertz CT molecular complexity index is 936. The van der Waals surface area contributed by atoms with Gasteiger partial charge in [0.15, 0.2) is 5.78 Å². The van der Waals surface area contributed by atoms with Crippen LogP contribution in [0.1, 0.15) is 31.8 Å². The Balaban J connectivity index is 1.73. The molecule has 3 aromatic carbocycles. The van der Waals surface area contributed by atoms with Gasteiger partial charge in [0.05, 0.1) is 6.04 Å². The number of hydrogen-bond donors (Lipinski definition) is 1. The molecule has 3 rings (SSSR count). The van der Waals surface area contributed by atoms with Crippen LogP contribution in [0.4, 0.5) is 0 Å². The van der Waals surface area contributed by atoms with Crippen molar-refractivity contribution in [3.8, 4) is 0 Å². The van der Waals surface area contributed by atoms with E-state index in [-0.39, 0.29) is 11.7 Å². The fraction of sp³-hybridized carbons (Fsp3) is 0.0870. The van der Waals surface area contributed by atoms with Gasteiger partial charge in [-0.3, -0.25) is 9.59 Å². The van der Waals surface area contributed by atoms with Crippen molar-refractivity contribution in [3.63, 3.8) is 0 Å². The van der Waals surface area contributed by atoms with Gasteiger partial charge in [-0.1, -0.05) is 72.8 Å². The molecule has 0 saturated heterocycles. The highest BCUT2D eigenvalue weighted by atomic mass is 16.2. The standard InChI is InChI=1S/C23H19NO3/c25-16-21(14-17-8-3-1-4-9-17)24-23(27)20-13-7-12-19(15-20)22(26)18-10-5-2-6-11-18/h1-13,15-16,21H,14H2,(H,24,27).